The molecular weight excluding hydrogens is 377 g/mol. The summed E-state index contributed by atoms with van der Waals surface area (Å²) in [6, 6.07) is 2.95. The van der Waals surface area contributed by atoms with E-state index in [0.29, 0.717) is 13.1 Å². The smallest absolute Gasteiger partial charge is 0.355 e. The van der Waals surface area contributed by atoms with Crippen molar-refractivity contribution in [2.45, 2.75) is 20.0 Å². The van der Waals surface area contributed by atoms with Gasteiger partial charge in [-0.05, 0) is 31.7 Å². The summed E-state index contributed by atoms with van der Waals surface area (Å²) in [4.78, 5) is 29.4. The fraction of sp³-hybridized carbons (Fsp3) is 0.412. The number of amides is 2. The van der Waals surface area contributed by atoms with Crippen LogP contribution < -0.4 is 10.6 Å². The van der Waals surface area contributed by atoms with Crippen molar-refractivity contribution in [3.8, 4) is 5.69 Å². The van der Waals surface area contributed by atoms with Gasteiger partial charge in [-0.3, -0.25) is 14.5 Å². The number of alkyl halides is 3. The molecule has 0 spiro atoms. The first-order chi connectivity index (χ1) is 13.2. The molecule has 0 atom stereocenters. The molecule has 1 aromatic carbocycles. The van der Waals surface area contributed by atoms with Crippen LogP contribution in [0.15, 0.2) is 30.9 Å². The van der Waals surface area contributed by atoms with E-state index in [1.165, 1.54) is 23.4 Å². The number of hydrogen-bond donors (Lipinski definition) is 2. The van der Waals surface area contributed by atoms with Gasteiger partial charge in [0.05, 0.1) is 30.0 Å². The van der Waals surface area contributed by atoms with Crippen LogP contribution in [0.25, 0.3) is 5.69 Å². The van der Waals surface area contributed by atoms with E-state index < -0.39 is 17.6 Å². The van der Waals surface area contributed by atoms with Gasteiger partial charge in [-0.15, -0.1) is 0 Å². The van der Waals surface area contributed by atoms with E-state index in [9.17, 15) is 22.8 Å². The summed E-state index contributed by atoms with van der Waals surface area (Å²) in [5, 5.41) is 9.00. The van der Waals surface area contributed by atoms with Gasteiger partial charge in [0.25, 0.3) is 0 Å². The molecule has 11 heteroatoms. The molecule has 0 aliphatic rings. The Bertz CT molecular complexity index is 808. The molecule has 0 fully saturated rings. The maximum Gasteiger partial charge on any atom is 0.416 e. The highest BCUT2D eigenvalue weighted by atomic mass is 19.4. The lowest BCUT2D eigenvalue weighted by molar-refractivity contribution is -0.137. The number of likely N-dealkylation sites (N-methyl/N-ethyl adjacent to an activating group) is 2. The first-order valence-electron chi connectivity index (χ1n) is 8.59. The molecular formula is C17H21F3N6O2. The Kier molecular flexibility index (Phi) is 7.10. The molecule has 0 unspecified atom stereocenters. The third kappa shape index (κ3) is 5.78. The molecule has 0 aliphatic carbocycles. The highest BCUT2D eigenvalue weighted by Crippen LogP contribution is 2.33. The van der Waals surface area contributed by atoms with E-state index in [1.807, 2.05) is 0 Å². The molecule has 2 amide bonds. The van der Waals surface area contributed by atoms with Crippen molar-refractivity contribution in [2.24, 2.45) is 0 Å². The molecule has 152 valence electrons. The van der Waals surface area contributed by atoms with Crippen LogP contribution in [0.3, 0.4) is 0 Å². The molecule has 28 heavy (non-hydrogen) atoms. The Morgan fingerprint density at radius 1 is 1.18 bits per heavy atom. The van der Waals surface area contributed by atoms with Crippen LogP contribution >= 0.6 is 0 Å². The van der Waals surface area contributed by atoms with Gasteiger partial charge in [0, 0.05) is 6.54 Å². The number of rotatable bonds is 8. The number of benzene rings is 1. The van der Waals surface area contributed by atoms with Crippen molar-refractivity contribution in [1.82, 2.24) is 25.0 Å². The predicted molar refractivity (Wildman–Crippen MR) is 95.8 cm³/mol. The van der Waals surface area contributed by atoms with Crippen LogP contribution in [0.4, 0.5) is 18.9 Å². The van der Waals surface area contributed by atoms with E-state index in [4.69, 9.17) is 0 Å². The first kappa shape index (κ1) is 21.4. The van der Waals surface area contributed by atoms with Crippen LogP contribution in [0.5, 0.6) is 0 Å². The molecule has 8 nitrogen and oxygen atoms in total. The lowest BCUT2D eigenvalue weighted by Gasteiger charge is -2.20. The molecule has 1 heterocycles. The minimum atomic E-state index is -4.56. The normalized spacial score (nSPS) is 11.5. The number of carbonyl (C=O) groups excluding carboxylic acids is 2. The molecule has 2 aromatic rings. The number of aromatic nitrogens is 3. The van der Waals surface area contributed by atoms with Crippen LogP contribution in [-0.4, -0.2) is 57.7 Å². The van der Waals surface area contributed by atoms with Gasteiger partial charge in [0.15, 0.2) is 0 Å². The van der Waals surface area contributed by atoms with Crippen LogP contribution in [0.1, 0.15) is 19.4 Å². The molecule has 1 aromatic heterocycles. The Morgan fingerprint density at radius 2 is 1.89 bits per heavy atom. The molecule has 2 N–H and O–H groups in total. The molecule has 0 radical (unpaired) electrons. The van der Waals surface area contributed by atoms with Crippen molar-refractivity contribution >= 4 is 17.5 Å². The van der Waals surface area contributed by atoms with E-state index >= 15 is 0 Å². The Morgan fingerprint density at radius 3 is 2.46 bits per heavy atom. The van der Waals surface area contributed by atoms with Crippen LogP contribution in [0, 0.1) is 0 Å². The number of carbonyl (C=O) groups is 2. The topological polar surface area (TPSA) is 92.2 Å². The lowest BCUT2D eigenvalue weighted by atomic mass is 10.1. The molecule has 0 aliphatic heterocycles. The zero-order chi connectivity index (χ0) is 20.7. The zero-order valence-corrected chi connectivity index (χ0v) is 15.5. The number of anilines is 1. The van der Waals surface area contributed by atoms with Gasteiger partial charge >= 0.3 is 6.18 Å². The second-order valence-corrected chi connectivity index (χ2v) is 5.87. The van der Waals surface area contributed by atoms with Crippen LogP contribution in [0.2, 0.25) is 0 Å². The van der Waals surface area contributed by atoms with Gasteiger partial charge in [-0.25, -0.2) is 9.67 Å². The number of nitrogens with zero attached hydrogens (tertiary/aromatic N) is 4. The average molecular weight is 398 g/mol. The summed E-state index contributed by atoms with van der Waals surface area (Å²) >= 11 is 0. The van der Waals surface area contributed by atoms with Crippen molar-refractivity contribution in [2.75, 3.05) is 31.5 Å². The monoisotopic (exact) mass is 398 g/mol. The van der Waals surface area contributed by atoms with Crippen molar-refractivity contribution in [3.05, 3.63) is 36.4 Å². The molecule has 0 saturated carbocycles. The summed E-state index contributed by atoms with van der Waals surface area (Å²) in [7, 11) is 0. The fourth-order valence-corrected chi connectivity index (χ4v) is 2.47. The van der Waals surface area contributed by atoms with Gasteiger partial charge in [-0.1, -0.05) is 6.92 Å². The van der Waals surface area contributed by atoms with Gasteiger partial charge in [0.2, 0.25) is 11.8 Å². The summed E-state index contributed by atoms with van der Waals surface area (Å²) < 4.78 is 40.4. The zero-order valence-electron chi connectivity index (χ0n) is 15.5. The van der Waals surface area contributed by atoms with Gasteiger partial charge in [-0.2, -0.15) is 18.3 Å². The average Bonchev–Trinajstić information content (AvgIpc) is 3.14. The standard InChI is InChI=1S/C17H21F3N6O2/c1-3-22-15(27)8-25(4-2)9-16(28)24-13-7-12(17(18,19)20)5-6-14(13)26-11-21-10-23-26/h5-7,10-11H,3-4,8-9H2,1-2H3,(H,22,27)(H,24,28). The van der Waals surface area contributed by atoms with Crippen molar-refractivity contribution in [3.63, 3.8) is 0 Å². The van der Waals surface area contributed by atoms with Crippen molar-refractivity contribution in [1.29, 1.82) is 0 Å². The Hall–Kier alpha value is -2.95. The third-order valence-electron chi connectivity index (χ3n) is 3.82. The number of nitrogens with one attached hydrogen (secondary N) is 2. The number of hydrogen-bond acceptors (Lipinski definition) is 5. The maximum absolute atomic E-state index is 13.1. The first-order valence-corrected chi connectivity index (χ1v) is 8.59. The van der Waals surface area contributed by atoms with Gasteiger partial charge < -0.3 is 10.6 Å². The summed E-state index contributed by atoms with van der Waals surface area (Å²) in [5.74, 6) is -0.786. The fourth-order valence-electron chi connectivity index (χ4n) is 2.47. The van der Waals surface area contributed by atoms with E-state index in [0.717, 1.165) is 12.1 Å². The Balaban J connectivity index is 2.20. The Labute approximate surface area is 159 Å². The van der Waals surface area contributed by atoms with Crippen molar-refractivity contribution < 1.29 is 22.8 Å². The second-order valence-electron chi connectivity index (χ2n) is 5.87. The SMILES string of the molecule is CCNC(=O)CN(CC)CC(=O)Nc1cc(C(F)(F)F)ccc1-n1cncn1. The molecule has 2 rings (SSSR count). The largest absolute Gasteiger partial charge is 0.416 e. The van der Waals surface area contributed by atoms with Crippen LogP contribution in [-0.2, 0) is 15.8 Å². The molecule has 0 bridgehead atoms. The summed E-state index contributed by atoms with van der Waals surface area (Å²) in [6.07, 6.45) is -2.02. The highest BCUT2D eigenvalue weighted by molar-refractivity contribution is 5.94. The van der Waals surface area contributed by atoms with Gasteiger partial charge in [0.1, 0.15) is 12.7 Å². The third-order valence-corrected chi connectivity index (χ3v) is 3.82. The van der Waals surface area contributed by atoms with E-state index in [-0.39, 0.29) is 30.4 Å². The minimum absolute atomic E-state index is 0.0102. The number of halogens is 3. The van der Waals surface area contributed by atoms with E-state index in [2.05, 4.69) is 20.7 Å². The minimum Gasteiger partial charge on any atom is -0.355 e. The predicted octanol–water partition coefficient (Wildman–Crippen LogP) is 1.68. The highest BCUT2D eigenvalue weighted by Gasteiger charge is 2.31. The van der Waals surface area contributed by atoms with E-state index in [1.54, 1.807) is 18.7 Å². The maximum atomic E-state index is 13.1. The summed E-state index contributed by atoms with van der Waals surface area (Å²) in [6.45, 7) is 4.30. The summed E-state index contributed by atoms with van der Waals surface area (Å²) in [5.41, 5.74) is -0.716. The quantitative estimate of drug-likeness (QED) is 0.706. The second kappa shape index (κ2) is 9.31. The molecule has 0 saturated heterocycles. The lowest BCUT2D eigenvalue weighted by Crippen LogP contribution is -2.41.